The minimum Gasteiger partial charge on any atom is -0.351 e. The van der Waals surface area contributed by atoms with Gasteiger partial charge in [-0.15, -0.1) is 12.4 Å². The summed E-state index contributed by atoms with van der Waals surface area (Å²) in [6.07, 6.45) is 0. The number of nitrogens with two attached hydrogens (primary N) is 1. The van der Waals surface area contributed by atoms with Gasteiger partial charge in [-0.3, -0.25) is 9.59 Å². The SMILES string of the molecule is Cc1cc(C)nc(SCC(=O)Nc2ccccc2C(=O)NCCN)n1.Cl. The fourth-order valence-corrected chi connectivity index (χ4v) is 2.90. The number of hydrogen-bond donors (Lipinski definition) is 3. The molecule has 0 fully saturated rings. The van der Waals surface area contributed by atoms with E-state index in [1.165, 1.54) is 11.8 Å². The van der Waals surface area contributed by atoms with Crippen LogP contribution >= 0.6 is 24.2 Å². The van der Waals surface area contributed by atoms with Gasteiger partial charge in [0.1, 0.15) is 0 Å². The number of benzene rings is 1. The van der Waals surface area contributed by atoms with E-state index in [-0.39, 0.29) is 30.0 Å². The number of amides is 2. The van der Waals surface area contributed by atoms with Gasteiger partial charge in [0.2, 0.25) is 5.91 Å². The maximum Gasteiger partial charge on any atom is 0.253 e. The van der Waals surface area contributed by atoms with Crippen molar-refractivity contribution in [3.8, 4) is 0 Å². The number of hydrogen-bond acceptors (Lipinski definition) is 6. The monoisotopic (exact) mass is 395 g/mol. The summed E-state index contributed by atoms with van der Waals surface area (Å²) < 4.78 is 0. The summed E-state index contributed by atoms with van der Waals surface area (Å²) in [4.78, 5) is 32.9. The Morgan fingerprint density at radius 1 is 1.15 bits per heavy atom. The van der Waals surface area contributed by atoms with Crippen molar-refractivity contribution in [2.75, 3.05) is 24.2 Å². The van der Waals surface area contributed by atoms with E-state index < -0.39 is 0 Å². The first-order valence-electron chi connectivity index (χ1n) is 7.82. The van der Waals surface area contributed by atoms with Crippen LogP contribution in [0.4, 0.5) is 5.69 Å². The number of rotatable bonds is 7. The molecule has 0 aliphatic carbocycles. The second-order valence-corrected chi connectivity index (χ2v) is 6.30. The van der Waals surface area contributed by atoms with Crippen molar-refractivity contribution in [2.24, 2.45) is 5.73 Å². The van der Waals surface area contributed by atoms with Gasteiger partial charge in [-0.2, -0.15) is 0 Å². The van der Waals surface area contributed by atoms with Crippen molar-refractivity contribution >= 4 is 41.7 Å². The van der Waals surface area contributed by atoms with Crippen molar-refractivity contribution in [1.29, 1.82) is 0 Å². The molecule has 0 saturated carbocycles. The fraction of sp³-hybridized carbons (Fsp3) is 0.294. The van der Waals surface area contributed by atoms with Gasteiger partial charge in [-0.1, -0.05) is 23.9 Å². The van der Waals surface area contributed by atoms with Gasteiger partial charge >= 0.3 is 0 Å². The lowest BCUT2D eigenvalue weighted by Crippen LogP contribution is -2.30. The Hall–Kier alpha value is -2.16. The fourth-order valence-electron chi connectivity index (χ4n) is 2.15. The van der Waals surface area contributed by atoms with E-state index in [1.54, 1.807) is 24.3 Å². The van der Waals surface area contributed by atoms with Gasteiger partial charge in [0.05, 0.1) is 17.0 Å². The van der Waals surface area contributed by atoms with E-state index in [1.807, 2.05) is 19.9 Å². The van der Waals surface area contributed by atoms with Crippen LogP contribution in [0.5, 0.6) is 0 Å². The van der Waals surface area contributed by atoms with E-state index in [9.17, 15) is 9.59 Å². The lowest BCUT2D eigenvalue weighted by molar-refractivity contribution is -0.113. The highest BCUT2D eigenvalue weighted by molar-refractivity contribution is 7.99. The molecule has 4 N–H and O–H groups in total. The Kier molecular flexibility index (Phi) is 9.04. The van der Waals surface area contributed by atoms with Crippen LogP contribution in [-0.2, 0) is 4.79 Å². The molecule has 2 aromatic rings. The Bertz CT molecular complexity index is 752. The normalized spacial score (nSPS) is 9.96. The van der Waals surface area contributed by atoms with Gasteiger partial charge in [-0.25, -0.2) is 9.97 Å². The number of halogens is 1. The van der Waals surface area contributed by atoms with Crippen molar-refractivity contribution in [3.63, 3.8) is 0 Å². The summed E-state index contributed by atoms with van der Waals surface area (Å²) in [5.41, 5.74) is 7.97. The molecule has 0 aliphatic heterocycles. The molecule has 26 heavy (non-hydrogen) atoms. The van der Waals surface area contributed by atoms with E-state index in [4.69, 9.17) is 5.73 Å². The van der Waals surface area contributed by atoms with Crippen LogP contribution in [0.15, 0.2) is 35.5 Å². The van der Waals surface area contributed by atoms with Gasteiger partial charge in [0.25, 0.3) is 5.91 Å². The maximum atomic E-state index is 12.2. The number of aromatic nitrogens is 2. The number of nitrogens with zero attached hydrogens (tertiary/aromatic N) is 2. The van der Waals surface area contributed by atoms with Crippen molar-refractivity contribution in [2.45, 2.75) is 19.0 Å². The number of anilines is 1. The second kappa shape index (κ2) is 10.7. The molecule has 0 atom stereocenters. The molecule has 0 unspecified atom stereocenters. The van der Waals surface area contributed by atoms with Crippen molar-refractivity contribution in [3.05, 3.63) is 47.3 Å². The van der Waals surface area contributed by atoms with Crippen molar-refractivity contribution in [1.82, 2.24) is 15.3 Å². The average Bonchev–Trinajstić information content (AvgIpc) is 2.57. The van der Waals surface area contributed by atoms with Crippen LogP contribution in [-0.4, -0.2) is 40.6 Å². The quantitative estimate of drug-likeness (QED) is 0.488. The summed E-state index contributed by atoms with van der Waals surface area (Å²) >= 11 is 1.25. The molecule has 2 amide bonds. The molecular formula is C17H22ClN5O2S. The molecule has 2 rings (SSSR count). The molecule has 0 saturated heterocycles. The molecular weight excluding hydrogens is 374 g/mol. The Labute approximate surface area is 163 Å². The molecule has 0 radical (unpaired) electrons. The third-order valence-corrected chi connectivity index (χ3v) is 4.02. The molecule has 1 aromatic carbocycles. The zero-order valence-electron chi connectivity index (χ0n) is 14.6. The van der Waals surface area contributed by atoms with Crippen LogP contribution in [0.1, 0.15) is 21.7 Å². The number of carbonyl (C=O) groups is 2. The Balaban J connectivity index is 0.00000338. The second-order valence-electron chi connectivity index (χ2n) is 5.36. The van der Waals surface area contributed by atoms with E-state index >= 15 is 0 Å². The highest BCUT2D eigenvalue weighted by Crippen LogP contribution is 2.17. The van der Waals surface area contributed by atoms with E-state index in [0.717, 1.165) is 11.4 Å². The molecule has 0 bridgehead atoms. The van der Waals surface area contributed by atoms with Crippen LogP contribution in [0.25, 0.3) is 0 Å². The lowest BCUT2D eigenvalue weighted by Gasteiger charge is -2.11. The molecule has 0 spiro atoms. The number of nitrogens with one attached hydrogen (secondary N) is 2. The standard InChI is InChI=1S/C17H21N5O2S.ClH/c1-11-9-12(2)21-17(20-11)25-10-15(23)22-14-6-4-3-5-13(14)16(24)19-8-7-18;/h3-6,9H,7-8,10,18H2,1-2H3,(H,19,24)(H,22,23);1H. The molecule has 1 aromatic heterocycles. The van der Waals surface area contributed by atoms with Crippen LogP contribution < -0.4 is 16.4 Å². The number of aryl methyl sites for hydroxylation is 2. The van der Waals surface area contributed by atoms with Gasteiger partial charge in [0, 0.05) is 24.5 Å². The highest BCUT2D eigenvalue weighted by atomic mass is 35.5. The Morgan fingerprint density at radius 3 is 2.46 bits per heavy atom. The maximum absolute atomic E-state index is 12.2. The largest absolute Gasteiger partial charge is 0.351 e. The predicted octanol–water partition coefficient (Wildman–Crippen LogP) is 1.93. The number of thioether (sulfide) groups is 1. The van der Waals surface area contributed by atoms with Gasteiger partial charge in [-0.05, 0) is 32.0 Å². The molecule has 1 heterocycles. The molecule has 140 valence electrons. The van der Waals surface area contributed by atoms with Crippen LogP contribution in [0.2, 0.25) is 0 Å². The first kappa shape index (κ1) is 21.9. The number of carbonyl (C=O) groups excluding carboxylic acids is 2. The molecule has 0 aliphatic rings. The van der Waals surface area contributed by atoms with E-state index in [0.29, 0.717) is 29.5 Å². The van der Waals surface area contributed by atoms with Crippen LogP contribution in [0.3, 0.4) is 0 Å². The average molecular weight is 396 g/mol. The third-order valence-electron chi connectivity index (χ3n) is 3.17. The Morgan fingerprint density at radius 2 is 1.81 bits per heavy atom. The highest BCUT2D eigenvalue weighted by Gasteiger charge is 2.13. The summed E-state index contributed by atoms with van der Waals surface area (Å²) in [5.74, 6) is -0.347. The minimum absolute atomic E-state index is 0. The van der Waals surface area contributed by atoms with Crippen LogP contribution in [0, 0.1) is 13.8 Å². The smallest absolute Gasteiger partial charge is 0.253 e. The first-order valence-corrected chi connectivity index (χ1v) is 8.80. The summed E-state index contributed by atoms with van der Waals surface area (Å²) in [7, 11) is 0. The minimum atomic E-state index is -0.272. The predicted molar refractivity (Wildman–Crippen MR) is 106 cm³/mol. The zero-order valence-corrected chi connectivity index (χ0v) is 16.2. The lowest BCUT2D eigenvalue weighted by atomic mass is 10.1. The van der Waals surface area contributed by atoms with Gasteiger partial charge in [0.15, 0.2) is 5.16 Å². The third kappa shape index (κ3) is 6.62. The molecule has 7 nitrogen and oxygen atoms in total. The van der Waals surface area contributed by atoms with Crippen molar-refractivity contribution < 1.29 is 9.59 Å². The first-order chi connectivity index (χ1) is 12.0. The number of para-hydroxylation sites is 1. The summed E-state index contributed by atoms with van der Waals surface area (Å²) in [5, 5.41) is 6.01. The van der Waals surface area contributed by atoms with Gasteiger partial charge < -0.3 is 16.4 Å². The topological polar surface area (TPSA) is 110 Å². The van der Waals surface area contributed by atoms with E-state index in [2.05, 4.69) is 20.6 Å². The summed E-state index contributed by atoms with van der Waals surface area (Å²) in [6.45, 7) is 4.50. The molecule has 9 heteroatoms. The zero-order chi connectivity index (χ0) is 18.2. The summed E-state index contributed by atoms with van der Waals surface area (Å²) in [6, 6.07) is 8.72.